The average molecular weight is 338 g/mol. The number of anilines is 1. The van der Waals surface area contributed by atoms with E-state index in [1.165, 1.54) is 21.5 Å². The molecule has 1 aliphatic heterocycles. The van der Waals surface area contributed by atoms with Gasteiger partial charge in [-0.15, -0.1) is 11.8 Å². The highest BCUT2D eigenvalue weighted by atomic mass is 32.2. The number of aromatic nitrogens is 3. The van der Waals surface area contributed by atoms with Crippen LogP contribution >= 0.6 is 11.8 Å². The Kier molecular flexibility index (Phi) is 3.76. The summed E-state index contributed by atoms with van der Waals surface area (Å²) in [5, 5.41) is 5.86. The summed E-state index contributed by atoms with van der Waals surface area (Å²) in [7, 11) is 0. The minimum Gasteiger partial charge on any atom is -0.352 e. The summed E-state index contributed by atoms with van der Waals surface area (Å²) in [5.74, 6) is 1.08. The van der Waals surface area contributed by atoms with Gasteiger partial charge in [-0.3, -0.25) is 4.68 Å². The van der Waals surface area contributed by atoms with Crippen molar-refractivity contribution in [1.29, 1.82) is 0 Å². The number of benzene rings is 1. The summed E-state index contributed by atoms with van der Waals surface area (Å²) in [5.41, 5.74) is 4.71. The molecule has 1 aliphatic rings. The van der Waals surface area contributed by atoms with Crippen molar-refractivity contribution in [3.63, 3.8) is 0 Å². The summed E-state index contributed by atoms with van der Waals surface area (Å²) in [4.78, 5) is 8.51. The van der Waals surface area contributed by atoms with Crippen LogP contribution in [0.2, 0.25) is 0 Å². The van der Waals surface area contributed by atoms with E-state index in [0.717, 1.165) is 30.1 Å². The molecule has 2 aromatic heterocycles. The molecule has 1 fully saturated rings. The van der Waals surface area contributed by atoms with Gasteiger partial charge >= 0.3 is 0 Å². The van der Waals surface area contributed by atoms with Gasteiger partial charge in [0.15, 0.2) is 0 Å². The van der Waals surface area contributed by atoms with Crippen LogP contribution in [-0.4, -0.2) is 34.1 Å². The van der Waals surface area contributed by atoms with Gasteiger partial charge in [0.2, 0.25) is 0 Å². The molecular weight excluding hydrogens is 316 g/mol. The van der Waals surface area contributed by atoms with Crippen molar-refractivity contribution in [2.75, 3.05) is 24.2 Å². The molecule has 3 aromatic rings. The number of fused-ring (bicyclic) bond motifs is 1. The standard InChI is InChI=1S/C19H22N4S/c1-12-7-19(20-18-9-16(24-4)5-6-17(12)18)22-10-15(11-22)23-14(3)8-13(2)21-23/h5-9,15H,10-11H2,1-4H3. The second-order valence-corrected chi connectivity index (χ2v) is 7.49. The maximum Gasteiger partial charge on any atom is 0.129 e. The highest BCUT2D eigenvalue weighted by molar-refractivity contribution is 7.98. The van der Waals surface area contributed by atoms with Crippen LogP contribution in [0.4, 0.5) is 5.82 Å². The molecule has 5 heteroatoms. The van der Waals surface area contributed by atoms with Crippen molar-refractivity contribution in [2.45, 2.75) is 31.7 Å². The summed E-state index contributed by atoms with van der Waals surface area (Å²) in [6.45, 7) is 8.30. The Morgan fingerprint density at radius 1 is 1.08 bits per heavy atom. The number of hydrogen-bond donors (Lipinski definition) is 0. The fraction of sp³-hybridized carbons (Fsp3) is 0.368. The van der Waals surface area contributed by atoms with Gasteiger partial charge in [0, 0.05) is 29.1 Å². The normalized spacial score (nSPS) is 15.1. The van der Waals surface area contributed by atoms with E-state index in [1.807, 2.05) is 0 Å². The van der Waals surface area contributed by atoms with Crippen molar-refractivity contribution in [3.05, 3.63) is 47.3 Å². The minimum atomic E-state index is 0.453. The van der Waals surface area contributed by atoms with E-state index in [9.17, 15) is 0 Å². The van der Waals surface area contributed by atoms with Crippen LogP contribution in [0.3, 0.4) is 0 Å². The quantitative estimate of drug-likeness (QED) is 0.672. The van der Waals surface area contributed by atoms with Crippen molar-refractivity contribution >= 4 is 28.5 Å². The van der Waals surface area contributed by atoms with E-state index in [1.54, 1.807) is 11.8 Å². The molecule has 3 heterocycles. The highest BCUT2D eigenvalue weighted by Crippen LogP contribution is 2.31. The second-order valence-electron chi connectivity index (χ2n) is 6.61. The minimum absolute atomic E-state index is 0.453. The summed E-state index contributed by atoms with van der Waals surface area (Å²) in [6, 6.07) is 11.3. The Labute approximate surface area is 146 Å². The Morgan fingerprint density at radius 2 is 1.88 bits per heavy atom. The van der Waals surface area contributed by atoms with Gasteiger partial charge in [-0.1, -0.05) is 6.07 Å². The van der Waals surface area contributed by atoms with Crippen LogP contribution in [0, 0.1) is 20.8 Å². The van der Waals surface area contributed by atoms with Gasteiger partial charge in [-0.25, -0.2) is 4.98 Å². The number of pyridine rings is 1. The molecule has 0 saturated carbocycles. The predicted molar refractivity (Wildman–Crippen MR) is 101 cm³/mol. The number of hydrogen-bond acceptors (Lipinski definition) is 4. The molecule has 0 amide bonds. The van der Waals surface area contributed by atoms with E-state index >= 15 is 0 Å². The largest absolute Gasteiger partial charge is 0.352 e. The first-order valence-corrected chi connectivity index (χ1v) is 9.51. The van der Waals surface area contributed by atoms with Crippen molar-refractivity contribution < 1.29 is 0 Å². The first-order chi connectivity index (χ1) is 11.5. The molecule has 1 saturated heterocycles. The summed E-state index contributed by atoms with van der Waals surface area (Å²) < 4.78 is 2.16. The molecule has 0 spiro atoms. The van der Waals surface area contributed by atoms with Gasteiger partial charge in [0.1, 0.15) is 5.82 Å². The van der Waals surface area contributed by atoms with Crippen LogP contribution in [0.15, 0.2) is 35.2 Å². The molecule has 0 radical (unpaired) electrons. The molecule has 124 valence electrons. The van der Waals surface area contributed by atoms with E-state index in [0.29, 0.717) is 6.04 Å². The number of aryl methyl sites for hydroxylation is 3. The molecule has 4 rings (SSSR count). The van der Waals surface area contributed by atoms with E-state index < -0.39 is 0 Å². The van der Waals surface area contributed by atoms with Gasteiger partial charge < -0.3 is 4.90 Å². The maximum atomic E-state index is 4.91. The number of rotatable bonds is 3. The molecule has 24 heavy (non-hydrogen) atoms. The fourth-order valence-electron chi connectivity index (χ4n) is 3.47. The van der Waals surface area contributed by atoms with Crippen LogP contribution in [0.25, 0.3) is 10.9 Å². The molecule has 0 aliphatic carbocycles. The van der Waals surface area contributed by atoms with Gasteiger partial charge in [-0.2, -0.15) is 5.10 Å². The van der Waals surface area contributed by atoms with Crippen LogP contribution < -0.4 is 4.90 Å². The SMILES string of the molecule is CSc1ccc2c(C)cc(N3CC(n4nc(C)cc4C)C3)nc2c1. The number of nitrogens with zero attached hydrogens (tertiary/aromatic N) is 4. The lowest BCUT2D eigenvalue weighted by molar-refractivity contribution is 0.359. The first kappa shape index (κ1) is 15.5. The van der Waals surface area contributed by atoms with Gasteiger partial charge in [0.25, 0.3) is 0 Å². The van der Waals surface area contributed by atoms with E-state index in [2.05, 4.69) is 72.0 Å². The summed E-state index contributed by atoms with van der Waals surface area (Å²) in [6.07, 6.45) is 2.10. The molecule has 0 atom stereocenters. The van der Waals surface area contributed by atoms with E-state index in [-0.39, 0.29) is 0 Å². The topological polar surface area (TPSA) is 34.0 Å². The lowest BCUT2D eigenvalue weighted by Crippen LogP contribution is -2.48. The third-order valence-corrected chi connectivity index (χ3v) is 5.51. The smallest absolute Gasteiger partial charge is 0.129 e. The third-order valence-electron chi connectivity index (χ3n) is 4.79. The molecule has 1 aromatic carbocycles. The maximum absolute atomic E-state index is 4.91. The van der Waals surface area contributed by atoms with Crippen LogP contribution in [-0.2, 0) is 0 Å². The van der Waals surface area contributed by atoms with Gasteiger partial charge in [0.05, 0.1) is 17.3 Å². The summed E-state index contributed by atoms with van der Waals surface area (Å²) >= 11 is 1.76. The second kappa shape index (κ2) is 5.81. The molecule has 0 bridgehead atoms. The monoisotopic (exact) mass is 338 g/mol. The van der Waals surface area contributed by atoms with Crippen LogP contribution in [0.1, 0.15) is 23.0 Å². The Morgan fingerprint density at radius 3 is 2.54 bits per heavy atom. The predicted octanol–water partition coefficient (Wildman–Crippen LogP) is 4.14. The molecule has 4 nitrogen and oxygen atoms in total. The zero-order valence-electron chi connectivity index (χ0n) is 14.6. The first-order valence-electron chi connectivity index (χ1n) is 8.28. The van der Waals surface area contributed by atoms with Crippen molar-refractivity contribution in [3.8, 4) is 0 Å². The van der Waals surface area contributed by atoms with Crippen LogP contribution in [0.5, 0.6) is 0 Å². The number of thioether (sulfide) groups is 1. The lowest BCUT2D eigenvalue weighted by Gasteiger charge is -2.40. The Bertz CT molecular complexity index is 909. The zero-order chi connectivity index (χ0) is 16.8. The fourth-order valence-corrected chi connectivity index (χ4v) is 3.90. The average Bonchev–Trinajstić information content (AvgIpc) is 2.83. The molecule has 0 N–H and O–H groups in total. The zero-order valence-corrected chi connectivity index (χ0v) is 15.4. The Hall–Kier alpha value is -2.01. The van der Waals surface area contributed by atoms with Crippen molar-refractivity contribution in [1.82, 2.24) is 14.8 Å². The third kappa shape index (κ3) is 2.57. The molecular formula is C19H22N4S. The lowest BCUT2D eigenvalue weighted by atomic mass is 10.1. The van der Waals surface area contributed by atoms with E-state index in [4.69, 9.17) is 4.98 Å². The van der Waals surface area contributed by atoms with Gasteiger partial charge in [-0.05, 0) is 56.9 Å². The molecule has 0 unspecified atom stereocenters. The highest BCUT2D eigenvalue weighted by Gasteiger charge is 2.31. The Balaban J connectivity index is 1.60. The van der Waals surface area contributed by atoms with Crippen molar-refractivity contribution in [2.24, 2.45) is 0 Å².